The molecule has 1 aliphatic carbocycles. The minimum absolute atomic E-state index is 0.0470. The molecule has 0 saturated heterocycles. The molecule has 18 heavy (non-hydrogen) atoms. The number of hydrogen-bond acceptors (Lipinski definition) is 3. The fourth-order valence-electron chi connectivity index (χ4n) is 2.87. The lowest BCUT2D eigenvalue weighted by Gasteiger charge is -2.44. The lowest BCUT2D eigenvalue weighted by Crippen LogP contribution is -2.51. The van der Waals surface area contributed by atoms with E-state index in [2.05, 4.69) is 17.3 Å². The molecule has 0 aliphatic heterocycles. The maximum atomic E-state index is 12.3. The molecule has 1 fully saturated rings. The maximum absolute atomic E-state index is 12.3. The number of carbonyl (C=O) groups is 1. The first-order chi connectivity index (χ1) is 8.50. The van der Waals surface area contributed by atoms with Crippen LogP contribution in [0, 0.1) is 11.3 Å². The summed E-state index contributed by atoms with van der Waals surface area (Å²) in [7, 11) is 1.86. The summed E-state index contributed by atoms with van der Waals surface area (Å²) in [6.45, 7) is 4.61. The Labute approximate surface area is 108 Å². The van der Waals surface area contributed by atoms with Gasteiger partial charge in [0.2, 0.25) is 5.91 Å². The van der Waals surface area contributed by atoms with Gasteiger partial charge in [0.25, 0.3) is 0 Å². The van der Waals surface area contributed by atoms with E-state index in [1.807, 2.05) is 20.2 Å². The van der Waals surface area contributed by atoms with Gasteiger partial charge >= 0.3 is 0 Å². The number of nitrogens with zero attached hydrogens (tertiary/aromatic N) is 2. The molecular formula is C13H22N4O. The van der Waals surface area contributed by atoms with Crippen LogP contribution in [0.5, 0.6) is 0 Å². The van der Waals surface area contributed by atoms with Crippen molar-refractivity contribution in [3.05, 3.63) is 11.9 Å². The first-order valence-corrected chi connectivity index (χ1v) is 6.55. The number of hydrogen-bond donors (Lipinski definition) is 2. The van der Waals surface area contributed by atoms with E-state index in [9.17, 15) is 4.79 Å². The topological polar surface area (TPSA) is 72.9 Å². The molecule has 1 aliphatic rings. The van der Waals surface area contributed by atoms with Crippen molar-refractivity contribution in [2.75, 3.05) is 11.9 Å². The number of carbonyl (C=O) groups excluding carboxylic acids is 1. The largest absolute Gasteiger partial charge is 0.329 e. The van der Waals surface area contributed by atoms with E-state index >= 15 is 0 Å². The van der Waals surface area contributed by atoms with E-state index < -0.39 is 0 Å². The summed E-state index contributed by atoms with van der Waals surface area (Å²) in [6, 6.07) is 0. The quantitative estimate of drug-likeness (QED) is 0.846. The number of anilines is 1. The zero-order chi connectivity index (χ0) is 13.3. The highest BCUT2D eigenvalue weighted by molar-refractivity contribution is 5.96. The van der Waals surface area contributed by atoms with E-state index in [0.29, 0.717) is 12.5 Å². The molecule has 2 rings (SSSR count). The van der Waals surface area contributed by atoms with Crippen molar-refractivity contribution in [2.24, 2.45) is 24.1 Å². The Morgan fingerprint density at radius 2 is 2.33 bits per heavy atom. The number of aromatic nitrogens is 2. The van der Waals surface area contributed by atoms with Crippen molar-refractivity contribution in [1.29, 1.82) is 0 Å². The Bertz CT molecular complexity index is 446. The lowest BCUT2D eigenvalue weighted by atomic mass is 9.62. The summed E-state index contributed by atoms with van der Waals surface area (Å²) in [6.07, 6.45) is 4.43. The fraction of sp³-hybridized carbons (Fsp3) is 0.692. The normalized spacial score (nSPS) is 26.8. The van der Waals surface area contributed by atoms with Gasteiger partial charge in [-0.1, -0.05) is 13.8 Å². The number of nitrogens with two attached hydrogens (primary N) is 1. The molecule has 5 heteroatoms. The van der Waals surface area contributed by atoms with Crippen LogP contribution in [-0.4, -0.2) is 22.2 Å². The van der Waals surface area contributed by atoms with E-state index in [1.165, 1.54) is 0 Å². The van der Waals surface area contributed by atoms with Crippen LogP contribution in [0.1, 0.15) is 32.4 Å². The van der Waals surface area contributed by atoms with Crippen molar-refractivity contribution < 1.29 is 4.79 Å². The minimum atomic E-state index is -0.361. The van der Waals surface area contributed by atoms with Crippen LogP contribution in [0.4, 0.5) is 5.69 Å². The van der Waals surface area contributed by atoms with Crippen molar-refractivity contribution >= 4 is 11.6 Å². The van der Waals surface area contributed by atoms with Crippen LogP contribution in [0.15, 0.2) is 6.20 Å². The molecule has 1 aromatic rings. The van der Waals surface area contributed by atoms with Crippen molar-refractivity contribution in [1.82, 2.24) is 9.78 Å². The maximum Gasteiger partial charge on any atom is 0.231 e. The lowest BCUT2D eigenvalue weighted by molar-refractivity contribution is -0.132. The Morgan fingerprint density at radius 3 is 2.83 bits per heavy atom. The SMILES string of the molecule is CCc1nn(C)cc1NC(=O)C1(CN)CC(C)C1. The van der Waals surface area contributed by atoms with Crippen molar-refractivity contribution in [3.8, 4) is 0 Å². The second-order valence-corrected chi connectivity index (χ2v) is 5.47. The van der Waals surface area contributed by atoms with Gasteiger partial charge < -0.3 is 11.1 Å². The van der Waals surface area contributed by atoms with Crippen LogP contribution >= 0.6 is 0 Å². The molecule has 3 N–H and O–H groups in total. The van der Waals surface area contributed by atoms with E-state index in [-0.39, 0.29) is 11.3 Å². The molecule has 1 heterocycles. The van der Waals surface area contributed by atoms with Gasteiger partial charge in [0.1, 0.15) is 0 Å². The summed E-state index contributed by atoms with van der Waals surface area (Å²) in [5, 5.41) is 7.31. The molecule has 0 spiro atoms. The molecule has 0 aromatic carbocycles. The van der Waals surface area contributed by atoms with Crippen molar-refractivity contribution in [2.45, 2.75) is 33.1 Å². The Kier molecular flexibility index (Phi) is 3.43. The van der Waals surface area contributed by atoms with Crippen molar-refractivity contribution in [3.63, 3.8) is 0 Å². The summed E-state index contributed by atoms with van der Waals surface area (Å²) < 4.78 is 1.73. The van der Waals surface area contributed by atoms with Gasteiger partial charge in [0, 0.05) is 19.8 Å². The van der Waals surface area contributed by atoms with Crippen LogP contribution in [0.3, 0.4) is 0 Å². The Morgan fingerprint density at radius 1 is 1.67 bits per heavy atom. The second-order valence-electron chi connectivity index (χ2n) is 5.47. The van der Waals surface area contributed by atoms with Gasteiger partial charge in [-0.3, -0.25) is 9.48 Å². The number of nitrogens with one attached hydrogen (secondary N) is 1. The minimum Gasteiger partial charge on any atom is -0.329 e. The van der Waals surface area contributed by atoms with E-state index in [4.69, 9.17) is 5.73 Å². The van der Waals surface area contributed by atoms with E-state index in [1.54, 1.807) is 4.68 Å². The highest BCUT2D eigenvalue weighted by Crippen LogP contribution is 2.45. The summed E-state index contributed by atoms with van der Waals surface area (Å²) in [5.74, 6) is 0.643. The molecule has 0 unspecified atom stereocenters. The summed E-state index contributed by atoms with van der Waals surface area (Å²) >= 11 is 0. The third kappa shape index (κ3) is 2.14. The molecule has 100 valence electrons. The predicted octanol–water partition coefficient (Wildman–Crippen LogP) is 1.30. The van der Waals surface area contributed by atoms with Gasteiger partial charge in [-0.05, 0) is 25.2 Å². The molecule has 0 atom stereocenters. The third-order valence-corrected chi connectivity index (χ3v) is 3.84. The van der Waals surface area contributed by atoms with Crippen LogP contribution in [0.25, 0.3) is 0 Å². The summed E-state index contributed by atoms with van der Waals surface area (Å²) in [4.78, 5) is 12.3. The highest BCUT2D eigenvalue weighted by atomic mass is 16.2. The highest BCUT2D eigenvalue weighted by Gasteiger charge is 2.47. The molecule has 1 aromatic heterocycles. The van der Waals surface area contributed by atoms with Gasteiger partial charge in [-0.15, -0.1) is 0 Å². The average molecular weight is 250 g/mol. The molecular weight excluding hydrogens is 228 g/mol. The Hall–Kier alpha value is -1.36. The number of amides is 1. The number of aryl methyl sites for hydroxylation is 2. The smallest absolute Gasteiger partial charge is 0.231 e. The fourth-order valence-corrected chi connectivity index (χ4v) is 2.87. The molecule has 5 nitrogen and oxygen atoms in total. The van der Waals surface area contributed by atoms with Crippen LogP contribution in [-0.2, 0) is 18.3 Å². The monoisotopic (exact) mass is 250 g/mol. The molecule has 1 saturated carbocycles. The third-order valence-electron chi connectivity index (χ3n) is 3.84. The average Bonchev–Trinajstić information content (AvgIpc) is 2.64. The van der Waals surface area contributed by atoms with Crippen LogP contribution in [0.2, 0.25) is 0 Å². The zero-order valence-electron chi connectivity index (χ0n) is 11.4. The first kappa shape index (κ1) is 13.1. The summed E-state index contributed by atoms with van der Waals surface area (Å²) in [5.41, 5.74) is 7.16. The zero-order valence-corrected chi connectivity index (χ0v) is 11.4. The van der Waals surface area contributed by atoms with Gasteiger partial charge in [0.15, 0.2) is 0 Å². The van der Waals surface area contributed by atoms with Gasteiger partial charge in [0.05, 0.1) is 16.8 Å². The number of rotatable bonds is 4. The molecule has 1 amide bonds. The second kappa shape index (κ2) is 4.72. The molecule has 0 radical (unpaired) electrons. The predicted molar refractivity (Wildman–Crippen MR) is 71.1 cm³/mol. The molecule has 0 bridgehead atoms. The standard InChI is InChI=1S/C13H22N4O/c1-4-10-11(7-17(3)16-10)15-12(18)13(8-14)5-9(2)6-13/h7,9H,4-6,8,14H2,1-3H3,(H,15,18). The van der Waals surface area contributed by atoms with Gasteiger partial charge in [-0.25, -0.2) is 0 Å². The van der Waals surface area contributed by atoms with Gasteiger partial charge in [-0.2, -0.15) is 5.10 Å². The van der Waals surface area contributed by atoms with E-state index in [0.717, 1.165) is 30.6 Å². The first-order valence-electron chi connectivity index (χ1n) is 6.55. The van der Waals surface area contributed by atoms with Crippen LogP contribution < -0.4 is 11.1 Å². The Balaban J connectivity index is 2.11.